The largest absolute Gasteiger partial charge is 0.507 e. The summed E-state index contributed by atoms with van der Waals surface area (Å²) < 4.78 is 5.62. The number of ketones is 2. The van der Waals surface area contributed by atoms with Crippen LogP contribution in [-0.4, -0.2) is 33.3 Å². The normalized spacial score (nSPS) is 15.7. The highest BCUT2D eigenvalue weighted by Crippen LogP contribution is 2.40. The predicted octanol–water partition coefficient (Wildman–Crippen LogP) is 3.72. The number of carbonyl (C=O) groups is 3. The molecule has 0 radical (unpaired) electrons. The van der Waals surface area contributed by atoms with Crippen molar-refractivity contribution in [2.75, 3.05) is 0 Å². The average molecular weight is 372 g/mol. The molecule has 0 aliphatic heterocycles. The van der Waals surface area contributed by atoms with E-state index in [1.165, 1.54) is 0 Å². The van der Waals surface area contributed by atoms with Crippen molar-refractivity contribution in [3.05, 3.63) is 46.6 Å². The van der Waals surface area contributed by atoms with E-state index >= 15 is 0 Å². The van der Waals surface area contributed by atoms with Gasteiger partial charge in [0.25, 0.3) is 0 Å². The number of benzene rings is 1. The van der Waals surface area contributed by atoms with Gasteiger partial charge in [0.15, 0.2) is 11.6 Å². The zero-order valence-electron chi connectivity index (χ0n) is 16.1. The lowest BCUT2D eigenvalue weighted by Crippen LogP contribution is -2.40. The third-order valence-corrected chi connectivity index (χ3v) is 4.42. The van der Waals surface area contributed by atoms with Crippen LogP contribution in [0, 0.1) is 5.92 Å². The fourth-order valence-corrected chi connectivity index (χ4v) is 2.80. The molecule has 0 spiro atoms. The zero-order chi connectivity index (χ0) is 20.5. The van der Waals surface area contributed by atoms with Crippen LogP contribution < -0.4 is 0 Å². The molecule has 1 atom stereocenters. The van der Waals surface area contributed by atoms with Crippen molar-refractivity contribution in [3.63, 3.8) is 0 Å². The summed E-state index contributed by atoms with van der Waals surface area (Å²) in [4.78, 5) is 37.9. The summed E-state index contributed by atoms with van der Waals surface area (Å²) >= 11 is 0. The summed E-state index contributed by atoms with van der Waals surface area (Å²) in [6.45, 7) is 8.64. The minimum absolute atomic E-state index is 0.0348. The van der Waals surface area contributed by atoms with Crippen LogP contribution in [0.2, 0.25) is 0 Å². The molecule has 1 unspecified atom stereocenters. The quantitative estimate of drug-likeness (QED) is 0.464. The van der Waals surface area contributed by atoms with Gasteiger partial charge >= 0.3 is 5.97 Å². The van der Waals surface area contributed by atoms with Gasteiger partial charge in [-0.2, -0.15) is 0 Å². The van der Waals surface area contributed by atoms with Crippen LogP contribution in [0.5, 0.6) is 11.5 Å². The van der Waals surface area contributed by atoms with Gasteiger partial charge in [-0.25, -0.2) is 0 Å². The molecule has 1 aliphatic carbocycles. The maximum Gasteiger partial charge on any atom is 0.309 e. The predicted molar refractivity (Wildman–Crippen MR) is 99.9 cm³/mol. The van der Waals surface area contributed by atoms with Crippen LogP contribution in [0.1, 0.15) is 61.8 Å². The molecule has 1 aromatic rings. The van der Waals surface area contributed by atoms with Crippen molar-refractivity contribution in [1.82, 2.24) is 0 Å². The Morgan fingerprint density at radius 2 is 1.70 bits per heavy atom. The van der Waals surface area contributed by atoms with Crippen molar-refractivity contribution in [2.24, 2.45) is 5.92 Å². The van der Waals surface area contributed by atoms with Crippen molar-refractivity contribution < 1.29 is 29.3 Å². The molecule has 1 aromatic carbocycles. The second-order valence-corrected chi connectivity index (χ2v) is 7.40. The first-order chi connectivity index (χ1) is 12.5. The van der Waals surface area contributed by atoms with Gasteiger partial charge < -0.3 is 14.9 Å². The highest BCUT2D eigenvalue weighted by Gasteiger charge is 2.42. The van der Waals surface area contributed by atoms with Crippen LogP contribution in [0.3, 0.4) is 0 Å². The van der Waals surface area contributed by atoms with Crippen LogP contribution in [0.15, 0.2) is 35.4 Å². The summed E-state index contributed by atoms with van der Waals surface area (Å²) in [5.74, 6) is -3.01. The lowest BCUT2D eigenvalue weighted by Gasteiger charge is -2.33. The Kier molecular flexibility index (Phi) is 5.59. The number of fused-ring (bicyclic) bond motifs is 1. The number of phenolic OH excluding ortho intramolecular Hbond substituents is 2. The Morgan fingerprint density at radius 1 is 1.15 bits per heavy atom. The van der Waals surface area contributed by atoms with Gasteiger partial charge in [-0.3, -0.25) is 14.4 Å². The molecule has 2 rings (SSSR count). The molecule has 0 heterocycles. The maximum atomic E-state index is 13.1. The first kappa shape index (κ1) is 20.4. The van der Waals surface area contributed by atoms with E-state index in [0.717, 1.165) is 23.8 Å². The van der Waals surface area contributed by atoms with Gasteiger partial charge in [0.2, 0.25) is 0 Å². The number of allylic oxidation sites excluding steroid dienone is 2. The number of phenols is 2. The molecule has 0 amide bonds. The minimum Gasteiger partial charge on any atom is -0.507 e. The summed E-state index contributed by atoms with van der Waals surface area (Å²) in [6, 6.07) is 2.30. The van der Waals surface area contributed by atoms with Crippen LogP contribution in [0.25, 0.3) is 0 Å². The average Bonchev–Trinajstić information content (AvgIpc) is 2.58. The smallest absolute Gasteiger partial charge is 0.309 e. The number of hydrogen-bond donors (Lipinski definition) is 2. The van der Waals surface area contributed by atoms with Crippen LogP contribution in [0.4, 0.5) is 0 Å². The van der Waals surface area contributed by atoms with Gasteiger partial charge in [-0.15, -0.1) is 0 Å². The second-order valence-electron chi connectivity index (χ2n) is 7.40. The molecule has 144 valence electrons. The van der Waals surface area contributed by atoms with Crippen molar-refractivity contribution >= 4 is 17.5 Å². The van der Waals surface area contributed by atoms with Gasteiger partial charge in [0, 0.05) is 12.0 Å². The fraction of sp³-hybridized carbons (Fsp3) is 0.381. The summed E-state index contributed by atoms with van der Waals surface area (Å²) in [5.41, 5.74) is -0.989. The summed E-state index contributed by atoms with van der Waals surface area (Å²) in [5, 5.41) is 20.1. The van der Waals surface area contributed by atoms with Crippen LogP contribution >= 0.6 is 0 Å². The lowest BCUT2D eigenvalue weighted by molar-refractivity contribution is -0.158. The molecule has 2 N–H and O–H groups in total. The second kappa shape index (κ2) is 7.39. The number of aromatic hydroxyl groups is 2. The SMILES string of the molecule is CC(C)=CCC(C)(OC(=O)C(C)C)C1=CC(=O)c2c(O)ccc(O)c2C1=O. The molecule has 27 heavy (non-hydrogen) atoms. The first-order valence-electron chi connectivity index (χ1n) is 8.70. The summed E-state index contributed by atoms with van der Waals surface area (Å²) in [6.07, 6.45) is 3.08. The van der Waals surface area contributed by atoms with Gasteiger partial charge in [-0.05, 0) is 39.0 Å². The molecule has 1 aliphatic rings. The van der Waals surface area contributed by atoms with E-state index in [1.54, 1.807) is 20.8 Å². The zero-order valence-corrected chi connectivity index (χ0v) is 16.1. The highest BCUT2D eigenvalue weighted by atomic mass is 16.6. The first-order valence-corrected chi connectivity index (χ1v) is 8.70. The van der Waals surface area contributed by atoms with E-state index in [-0.39, 0.29) is 28.9 Å². The monoisotopic (exact) mass is 372 g/mol. The van der Waals surface area contributed by atoms with E-state index < -0.39 is 34.8 Å². The summed E-state index contributed by atoms with van der Waals surface area (Å²) in [7, 11) is 0. The lowest BCUT2D eigenvalue weighted by atomic mass is 9.79. The Hall–Kier alpha value is -2.89. The number of ether oxygens (including phenoxy) is 1. The van der Waals surface area contributed by atoms with Crippen molar-refractivity contribution in [3.8, 4) is 11.5 Å². The van der Waals surface area contributed by atoms with Gasteiger partial charge in [-0.1, -0.05) is 25.5 Å². The standard InChI is InChI=1S/C21H24O6/c1-11(2)8-9-21(5,27-20(26)12(3)4)13-10-16(24)17-14(22)6-7-15(23)18(17)19(13)25/h6-8,10,12,22-23H,9H2,1-5H3. The molecule has 0 bridgehead atoms. The third kappa shape index (κ3) is 3.94. The topological polar surface area (TPSA) is 101 Å². The number of rotatable bonds is 5. The van der Waals surface area contributed by atoms with Crippen molar-refractivity contribution in [1.29, 1.82) is 0 Å². The fourth-order valence-electron chi connectivity index (χ4n) is 2.80. The Balaban J connectivity index is 2.61. The molecule has 0 fully saturated rings. The number of esters is 1. The van der Waals surface area contributed by atoms with Crippen LogP contribution in [-0.2, 0) is 9.53 Å². The molecular weight excluding hydrogens is 348 g/mol. The third-order valence-electron chi connectivity index (χ3n) is 4.42. The Labute approximate surface area is 158 Å². The molecule has 6 nitrogen and oxygen atoms in total. The molecule has 0 saturated heterocycles. The molecular formula is C21H24O6. The number of hydrogen-bond acceptors (Lipinski definition) is 6. The molecule has 6 heteroatoms. The van der Waals surface area contributed by atoms with E-state index in [4.69, 9.17) is 4.74 Å². The number of Topliss-reactive ketones (excluding diaryl/α,β-unsaturated/α-hetero) is 1. The van der Waals surface area contributed by atoms with E-state index in [2.05, 4.69) is 0 Å². The molecule has 0 aromatic heterocycles. The maximum absolute atomic E-state index is 13.1. The number of carbonyl (C=O) groups excluding carboxylic acids is 3. The van der Waals surface area contributed by atoms with E-state index in [0.29, 0.717) is 0 Å². The Morgan fingerprint density at radius 3 is 2.22 bits per heavy atom. The Bertz CT molecular complexity index is 871. The highest BCUT2D eigenvalue weighted by molar-refractivity contribution is 6.27. The molecule has 0 saturated carbocycles. The van der Waals surface area contributed by atoms with Crippen molar-refractivity contribution in [2.45, 2.75) is 46.6 Å². The van der Waals surface area contributed by atoms with Gasteiger partial charge in [0.1, 0.15) is 17.1 Å². The van der Waals surface area contributed by atoms with E-state index in [1.807, 2.05) is 19.9 Å². The van der Waals surface area contributed by atoms with Gasteiger partial charge in [0.05, 0.1) is 17.0 Å². The van der Waals surface area contributed by atoms with E-state index in [9.17, 15) is 24.6 Å². The minimum atomic E-state index is -1.39.